The van der Waals surface area contributed by atoms with Crippen molar-refractivity contribution < 1.29 is 29.0 Å². The van der Waals surface area contributed by atoms with E-state index in [2.05, 4.69) is 0 Å². The maximum atomic E-state index is 13.9. The van der Waals surface area contributed by atoms with E-state index in [1.165, 1.54) is 66.4 Å². The second-order valence-corrected chi connectivity index (χ2v) is 9.96. The van der Waals surface area contributed by atoms with Crippen LogP contribution in [-0.2, 0) is 33.6 Å². The number of hydrogen-bond donors (Lipinski definition) is 4. The molecule has 40 heavy (non-hydrogen) atoms. The van der Waals surface area contributed by atoms with Crippen molar-refractivity contribution in [1.82, 2.24) is 9.80 Å². The van der Waals surface area contributed by atoms with Gasteiger partial charge in [-0.25, -0.2) is 4.39 Å². The number of nitrogens with two attached hydrogens (primary N) is 2. The molecule has 3 aromatic carbocycles. The molecule has 3 aromatic rings. The highest BCUT2D eigenvalue weighted by Gasteiger charge is 2.35. The van der Waals surface area contributed by atoms with Crippen molar-refractivity contribution in [2.75, 3.05) is 14.1 Å². The zero-order valence-electron chi connectivity index (χ0n) is 22.8. The van der Waals surface area contributed by atoms with E-state index in [9.17, 15) is 29.0 Å². The molecule has 0 heterocycles. The van der Waals surface area contributed by atoms with Crippen molar-refractivity contribution >= 4 is 17.7 Å². The molecule has 10 heteroatoms. The first kappa shape index (κ1) is 30.1. The fraction of sp³-hybridized carbons (Fsp3) is 0.300. The Morgan fingerprint density at radius 2 is 1.27 bits per heavy atom. The van der Waals surface area contributed by atoms with E-state index in [-0.39, 0.29) is 30.8 Å². The van der Waals surface area contributed by atoms with Gasteiger partial charge in [0.25, 0.3) is 0 Å². The van der Waals surface area contributed by atoms with E-state index in [0.29, 0.717) is 22.3 Å². The number of amides is 3. The van der Waals surface area contributed by atoms with E-state index in [1.54, 1.807) is 31.2 Å². The number of carbonyl (C=O) groups is 3. The van der Waals surface area contributed by atoms with E-state index in [4.69, 9.17) is 11.5 Å². The van der Waals surface area contributed by atoms with Crippen molar-refractivity contribution in [3.8, 4) is 11.5 Å². The van der Waals surface area contributed by atoms with Gasteiger partial charge >= 0.3 is 0 Å². The Labute approximate surface area is 232 Å². The van der Waals surface area contributed by atoms with Crippen LogP contribution in [0.25, 0.3) is 0 Å². The summed E-state index contributed by atoms with van der Waals surface area (Å²) in [5.74, 6) is -2.03. The van der Waals surface area contributed by atoms with Crippen molar-refractivity contribution in [3.63, 3.8) is 0 Å². The largest absolute Gasteiger partial charge is 0.508 e. The first-order valence-electron chi connectivity index (χ1n) is 12.8. The Kier molecular flexibility index (Phi) is 9.84. The van der Waals surface area contributed by atoms with Crippen LogP contribution in [0.5, 0.6) is 11.5 Å². The van der Waals surface area contributed by atoms with Gasteiger partial charge in [0.05, 0.1) is 6.04 Å². The first-order chi connectivity index (χ1) is 18.9. The first-order valence-corrected chi connectivity index (χ1v) is 12.8. The third kappa shape index (κ3) is 7.57. The van der Waals surface area contributed by atoms with Gasteiger partial charge in [-0.1, -0.05) is 36.4 Å². The maximum absolute atomic E-state index is 13.9. The fourth-order valence-electron chi connectivity index (χ4n) is 4.51. The van der Waals surface area contributed by atoms with Crippen molar-refractivity contribution in [2.24, 2.45) is 11.5 Å². The van der Waals surface area contributed by atoms with Crippen LogP contribution in [0, 0.1) is 12.7 Å². The molecule has 0 aliphatic rings. The summed E-state index contributed by atoms with van der Waals surface area (Å²) in [7, 11) is 2.91. The third-order valence-corrected chi connectivity index (χ3v) is 6.99. The number of carbonyl (C=O) groups excluding carboxylic acids is 3. The van der Waals surface area contributed by atoms with Gasteiger partial charge in [-0.05, 0) is 65.9 Å². The normalized spacial score (nSPS) is 13.2. The molecule has 0 aromatic heterocycles. The lowest BCUT2D eigenvalue weighted by Gasteiger charge is -2.35. The summed E-state index contributed by atoms with van der Waals surface area (Å²) in [6, 6.07) is 13.6. The molecule has 212 valence electrons. The monoisotopic (exact) mass is 550 g/mol. The number of aromatic hydroxyl groups is 2. The number of rotatable bonds is 11. The van der Waals surface area contributed by atoms with Crippen LogP contribution >= 0.6 is 0 Å². The molecule has 3 amide bonds. The maximum Gasteiger partial charge on any atom is 0.246 e. The number of hydrogen-bond acceptors (Lipinski definition) is 6. The summed E-state index contributed by atoms with van der Waals surface area (Å²) in [6.45, 7) is 1.72. The molecule has 3 atom stereocenters. The molecule has 0 fully saturated rings. The number of nitrogens with zero attached hydrogens (tertiary/aromatic N) is 2. The van der Waals surface area contributed by atoms with Crippen molar-refractivity contribution in [2.45, 2.75) is 44.3 Å². The van der Waals surface area contributed by atoms with Gasteiger partial charge in [0.15, 0.2) is 0 Å². The van der Waals surface area contributed by atoms with Crippen molar-refractivity contribution in [1.29, 1.82) is 0 Å². The summed E-state index contributed by atoms with van der Waals surface area (Å²) >= 11 is 0. The van der Waals surface area contributed by atoms with Crippen LogP contribution in [0.3, 0.4) is 0 Å². The average Bonchev–Trinajstić information content (AvgIpc) is 2.92. The fourth-order valence-corrected chi connectivity index (χ4v) is 4.51. The Balaban J connectivity index is 1.87. The quantitative estimate of drug-likeness (QED) is 0.287. The lowest BCUT2D eigenvalue weighted by Crippen LogP contribution is -2.57. The molecule has 0 spiro atoms. The average molecular weight is 551 g/mol. The smallest absolute Gasteiger partial charge is 0.246 e. The zero-order chi connectivity index (χ0) is 29.6. The summed E-state index contributed by atoms with van der Waals surface area (Å²) < 4.78 is 13.3. The van der Waals surface area contributed by atoms with E-state index in [0.717, 1.165) is 0 Å². The Morgan fingerprint density at radius 3 is 1.85 bits per heavy atom. The SMILES string of the molecule is Cc1cc(C[C@@H](C(N)=O)N(C)C(=O)[C@H](Cc2ccc(O)cc2)N(C)C(=O)[C@@H](N)Cc2ccc(F)cc2)ccc1O. The summed E-state index contributed by atoms with van der Waals surface area (Å²) in [5.41, 5.74) is 14.6. The predicted octanol–water partition coefficient (Wildman–Crippen LogP) is 2.04. The van der Waals surface area contributed by atoms with Crippen LogP contribution in [-0.4, -0.2) is 70.0 Å². The molecule has 0 radical (unpaired) electrons. The number of aryl methyl sites for hydroxylation is 1. The van der Waals surface area contributed by atoms with Gasteiger partial charge in [-0.15, -0.1) is 0 Å². The lowest BCUT2D eigenvalue weighted by atomic mass is 9.98. The van der Waals surface area contributed by atoms with Crippen LogP contribution in [0.2, 0.25) is 0 Å². The van der Waals surface area contributed by atoms with Crippen LogP contribution in [0.1, 0.15) is 22.3 Å². The second kappa shape index (κ2) is 13.1. The van der Waals surface area contributed by atoms with E-state index < -0.39 is 41.7 Å². The van der Waals surface area contributed by atoms with Gasteiger partial charge in [0.2, 0.25) is 17.7 Å². The standard InChI is InChI=1S/C30H35FN4O5/c1-18-14-21(8-13-27(18)37)17-25(28(33)38)34(2)30(40)26(16-20-6-11-23(36)12-7-20)35(3)29(39)24(32)15-19-4-9-22(31)10-5-19/h4-14,24-26,36-37H,15-17,32H2,1-3H3,(H2,33,38)/t24-,25-,26-/m0/s1. The zero-order valence-corrected chi connectivity index (χ0v) is 22.8. The predicted molar refractivity (Wildman–Crippen MR) is 149 cm³/mol. The highest BCUT2D eigenvalue weighted by molar-refractivity contribution is 5.93. The Bertz CT molecular complexity index is 1350. The molecule has 0 bridgehead atoms. The Morgan fingerprint density at radius 1 is 0.775 bits per heavy atom. The summed E-state index contributed by atoms with van der Waals surface area (Å²) in [4.78, 5) is 42.2. The van der Waals surface area contributed by atoms with Gasteiger partial charge in [0.1, 0.15) is 29.4 Å². The minimum atomic E-state index is -1.05. The Hall–Kier alpha value is -4.44. The summed E-state index contributed by atoms with van der Waals surface area (Å²) in [5, 5.41) is 19.5. The van der Waals surface area contributed by atoms with Gasteiger partial charge in [-0.3, -0.25) is 14.4 Å². The summed E-state index contributed by atoms with van der Waals surface area (Å²) in [6.07, 6.45) is 0.314. The number of halogens is 1. The number of phenolic OH excluding ortho intramolecular Hbond substituents is 2. The third-order valence-electron chi connectivity index (χ3n) is 6.99. The second-order valence-electron chi connectivity index (χ2n) is 9.96. The van der Waals surface area contributed by atoms with E-state index >= 15 is 0 Å². The van der Waals surface area contributed by atoms with Crippen LogP contribution in [0.4, 0.5) is 4.39 Å². The lowest BCUT2D eigenvalue weighted by molar-refractivity contribution is -0.147. The van der Waals surface area contributed by atoms with E-state index in [1.807, 2.05) is 0 Å². The van der Waals surface area contributed by atoms with Gasteiger partial charge in [-0.2, -0.15) is 0 Å². The minimum Gasteiger partial charge on any atom is -0.508 e. The molecule has 9 nitrogen and oxygen atoms in total. The molecular formula is C30H35FN4O5. The van der Waals surface area contributed by atoms with Crippen molar-refractivity contribution in [3.05, 3.63) is 94.8 Å². The van der Waals surface area contributed by atoms with Gasteiger partial charge < -0.3 is 31.5 Å². The van der Waals surface area contributed by atoms with Gasteiger partial charge in [0, 0.05) is 26.9 Å². The molecule has 0 saturated heterocycles. The number of phenols is 2. The molecule has 0 saturated carbocycles. The molecule has 0 unspecified atom stereocenters. The number of likely N-dealkylation sites (N-methyl/N-ethyl adjacent to an activating group) is 2. The molecule has 6 N–H and O–H groups in total. The minimum absolute atomic E-state index is 0.0486. The molecule has 3 rings (SSSR count). The number of benzene rings is 3. The van der Waals surface area contributed by atoms with Crippen LogP contribution < -0.4 is 11.5 Å². The highest BCUT2D eigenvalue weighted by Crippen LogP contribution is 2.21. The molecule has 0 aliphatic heterocycles. The molecule has 0 aliphatic carbocycles. The van der Waals surface area contributed by atoms with Crippen LogP contribution in [0.15, 0.2) is 66.7 Å². The number of primary amides is 1. The topological polar surface area (TPSA) is 150 Å². The molecular weight excluding hydrogens is 515 g/mol. The highest BCUT2D eigenvalue weighted by atomic mass is 19.1.